The molecule has 0 aliphatic rings. The first-order valence-electron chi connectivity index (χ1n) is 7.95. The third kappa shape index (κ3) is 5.61. The standard InChI is InChI=1S/C19H19F3N2O2/c1-12-2-4-13(5-3-12)10-16(18(23)26)24-17(25)11-14-6-8-15(9-7-14)19(20,21)22/h2-9,16H,10-11H2,1H3,(H2,23,26)(H,24,25)/t16-/m0/s1. The molecule has 1 atom stereocenters. The highest BCUT2D eigenvalue weighted by molar-refractivity contribution is 5.87. The van der Waals surface area contributed by atoms with Crippen LogP contribution in [0.15, 0.2) is 48.5 Å². The molecule has 0 saturated heterocycles. The van der Waals surface area contributed by atoms with Gasteiger partial charge in [-0.2, -0.15) is 13.2 Å². The van der Waals surface area contributed by atoms with E-state index in [1.165, 1.54) is 12.1 Å². The van der Waals surface area contributed by atoms with Crippen molar-refractivity contribution in [2.75, 3.05) is 0 Å². The second-order valence-electron chi connectivity index (χ2n) is 6.08. The Morgan fingerprint density at radius 1 is 1.00 bits per heavy atom. The van der Waals surface area contributed by atoms with E-state index in [9.17, 15) is 22.8 Å². The van der Waals surface area contributed by atoms with E-state index in [-0.39, 0.29) is 12.8 Å². The molecule has 2 aromatic rings. The van der Waals surface area contributed by atoms with Gasteiger partial charge in [-0.15, -0.1) is 0 Å². The molecule has 0 saturated carbocycles. The van der Waals surface area contributed by atoms with Crippen LogP contribution in [0.4, 0.5) is 13.2 Å². The lowest BCUT2D eigenvalue weighted by molar-refractivity contribution is -0.137. The number of nitrogens with two attached hydrogens (primary N) is 1. The lowest BCUT2D eigenvalue weighted by Gasteiger charge is -2.16. The van der Waals surface area contributed by atoms with Crippen molar-refractivity contribution >= 4 is 11.8 Å². The summed E-state index contributed by atoms with van der Waals surface area (Å²) in [5.41, 5.74) is 6.88. The van der Waals surface area contributed by atoms with Crippen LogP contribution in [0.3, 0.4) is 0 Å². The third-order valence-corrected chi connectivity index (χ3v) is 3.89. The highest BCUT2D eigenvalue weighted by atomic mass is 19.4. The minimum Gasteiger partial charge on any atom is -0.368 e. The van der Waals surface area contributed by atoms with Crippen molar-refractivity contribution in [1.29, 1.82) is 0 Å². The molecule has 0 aliphatic carbocycles. The molecule has 0 fully saturated rings. The van der Waals surface area contributed by atoms with Crippen LogP contribution in [0.25, 0.3) is 0 Å². The first-order valence-corrected chi connectivity index (χ1v) is 7.95. The smallest absolute Gasteiger partial charge is 0.368 e. The minimum atomic E-state index is -4.42. The number of primary amides is 1. The average Bonchev–Trinajstić information content (AvgIpc) is 2.55. The zero-order chi connectivity index (χ0) is 19.3. The third-order valence-electron chi connectivity index (χ3n) is 3.89. The number of alkyl halides is 3. The van der Waals surface area contributed by atoms with Gasteiger partial charge >= 0.3 is 6.18 Å². The summed E-state index contributed by atoms with van der Waals surface area (Å²) in [6, 6.07) is 10.9. The van der Waals surface area contributed by atoms with E-state index in [4.69, 9.17) is 5.73 Å². The van der Waals surface area contributed by atoms with Crippen molar-refractivity contribution in [3.05, 3.63) is 70.8 Å². The zero-order valence-electron chi connectivity index (χ0n) is 14.1. The first-order chi connectivity index (χ1) is 12.1. The normalized spacial score (nSPS) is 12.5. The van der Waals surface area contributed by atoms with E-state index in [0.717, 1.165) is 23.3 Å². The zero-order valence-corrected chi connectivity index (χ0v) is 14.1. The molecule has 0 unspecified atom stereocenters. The molecular weight excluding hydrogens is 345 g/mol. The van der Waals surface area contributed by atoms with E-state index in [0.29, 0.717) is 5.56 Å². The second-order valence-corrected chi connectivity index (χ2v) is 6.08. The van der Waals surface area contributed by atoms with Crippen LogP contribution in [0.1, 0.15) is 22.3 Å². The average molecular weight is 364 g/mol. The Labute approximate surface area is 149 Å². The van der Waals surface area contributed by atoms with Crippen LogP contribution in [-0.2, 0) is 28.6 Å². The summed E-state index contributed by atoms with van der Waals surface area (Å²) in [7, 11) is 0. The number of rotatable bonds is 6. The molecule has 26 heavy (non-hydrogen) atoms. The van der Waals surface area contributed by atoms with Gasteiger partial charge in [-0.3, -0.25) is 9.59 Å². The molecule has 0 aromatic heterocycles. The molecule has 138 valence electrons. The number of carbonyl (C=O) groups excluding carboxylic acids is 2. The fraction of sp³-hybridized carbons (Fsp3) is 0.263. The first kappa shape index (κ1) is 19.5. The molecule has 2 amide bonds. The Bertz CT molecular complexity index is 769. The van der Waals surface area contributed by atoms with Crippen LogP contribution in [0, 0.1) is 6.92 Å². The molecule has 2 rings (SSSR count). The molecule has 0 radical (unpaired) electrons. The van der Waals surface area contributed by atoms with E-state index in [2.05, 4.69) is 5.32 Å². The lowest BCUT2D eigenvalue weighted by atomic mass is 10.0. The van der Waals surface area contributed by atoms with Crippen molar-refractivity contribution in [2.45, 2.75) is 32.0 Å². The van der Waals surface area contributed by atoms with Gasteiger partial charge in [0.15, 0.2) is 0 Å². The number of hydrogen-bond acceptors (Lipinski definition) is 2. The number of hydrogen-bond donors (Lipinski definition) is 2. The van der Waals surface area contributed by atoms with Gasteiger partial charge in [0.1, 0.15) is 6.04 Å². The molecular formula is C19H19F3N2O2. The number of halogens is 3. The highest BCUT2D eigenvalue weighted by Gasteiger charge is 2.30. The number of amides is 2. The van der Waals surface area contributed by atoms with Gasteiger partial charge in [0.25, 0.3) is 0 Å². The van der Waals surface area contributed by atoms with Crippen molar-refractivity contribution in [2.24, 2.45) is 5.73 Å². The molecule has 2 aromatic carbocycles. The molecule has 7 heteroatoms. The number of nitrogens with one attached hydrogen (secondary N) is 1. The molecule has 4 nitrogen and oxygen atoms in total. The van der Waals surface area contributed by atoms with Crippen LogP contribution < -0.4 is 11.1 Å². The van der Waals surface area contributed by atoms with Gasteiger partial charge in [0, 0.05) is 6.42 Å². The Balaban J connectivity index is 1.99. The van der Waals surface area contributed by atoms with Crippen molar-refractivity contribution < 1.29 is 22.8 Å². The Morgan fingerprint density at radius 2 is 1.54 bits per heavy atom. The van der Waals surface area contributed by atoms with E-state index in [1.807, 2.05) is 31.2 Å². The maximum absolute atomic E-state index is 12.5. The van der Waals surface area contributed by atoms with Crippen LogP contribution in [0.2, 0.25) is 0 Å². The second kappa shape index (κ2) is 8.03. The van der Waals surface area contributed by atoms with Crippen LogP contribution in [-0.4, -0.2) is 17.9 Å². The summed E-state index contributed by atoms with van der Waals surface area (Å²) in [6.07, 6.45) is -4.32. The van der Waals surface area contributed by atoms with Gasteiger partial charge in [0.05, 0.1) is 12.0 Å². The Hall–Kier alpha value is -2.83. The fourth-order valence-corrected chi connectivity index (χ4v) is 2.42. The Kier molecular flexibility index (Phi) is 6.02. The number of carbonyl (C=O) groups is 2. The maximum atomic E-state index is 12.5. The van der Waals surface area contributed by atoms with Gasteiger partial charge in [0.2, 0.25) is 11.8 Å². The predicted molar refractivity (Wildman–Crippen MR) is 91.2 cm³/mol. The molecule has 0 spiro atoms. The van der Waals surface area contributed by atoms with E-state index in [1.54, 1.807) is 0 Å². The molecule has 0 heterocycles. The molecule has 0 bridgehead atoms. The van der Waals surface area contributed by atoms with E-state index >= 15 is 0 Å². The predicted octanol–water partition coefficient (Wildman–Crippen LogP) is 2.77. The lowest BCUT2D eigenvalue weighted by Crippen LogP contribution is -2.46. The molecule has 3 N–H and O–H groups in total. The Morgan fingerprint density at radius 3 is 2.04 bits per heavy atom. The summed E-state index contributed by atoms with van der Waals surface area (Å²) < 4.78 is 37.6. The molecule has 0 aliphatic heterocycles. The van der Waals surface area contributed by atoms with Crippen molar-refractivity contribution in [1.82, 2.24) is 5.32 Å². The topological polar surface area (TPSA) is 72.2 Å². The fourth-order valence-electron chi connectivity index (χ4n) is 2.42. The van der Waals surface area contributed by atoms with Crippen molar-refractivity contribution in [3.63, 3.8) is 0 Å². The maximum Gasteiger partial charge on any atom is 0.416 e. The van der Waals surface area contributed by atoms with Gasteiger partial charge in [-0.05, 0) is 30.2 Å². The van der Waals surface area contributed by atoms with E-state index < -0.39 is 29.6 Å². The van der Waals surface area contributed by atoms with Gasteiger partial charge in [-0.25, -0.2) is 0 Å². The highest BCUT2D eigenvalue weighted by Crippen LogP contribution is 2.29. The van der Waals surface area contributed by atoms with Crippen LogP contribution in [0.5, 0.6) is 0 Å². The summed E-state index contributed by atoms with van der Waals surface area (Å²) in [6.45, 7) is 1.93. The summed E-state index contributed by atoms with van der Waals surface area (Å²) in [4.78, 5) is 23.7. The van der Waals surface area contributed by atoms with Crippen LogP contribution >= 0.6 is 0 Å². The summed E-state index contributed by atoms with van der Waals surface area (Å²) in [5.74, 6) is -1.16. The van der Waals surface area contributed by atoms with Gasteiger partial charge < -0.3 is 11.1 Å². The largest absolute Gasteiger partial charge is 0.416 e. The van der Waals surface area contributed by atoms with Crippen molar-refractivity contribution in [3.8, 4) is 0 Å². The minimum absolute atomic E-state index is 0.143. The monoisotopic (exact) mass is 364 g/mol. The number of benzene rings is 2. The summed E-state index contributed by atoms with van der Waals surface area (Å²) in [5, 5.41) is 2.54. The number of aryl methyl sites for hydroxylation is 1. The van der Waals surface area contributed by atoms with Gasteiger partial charge in [-0.1, -0.05) is 42.0 Å². The summed E-state index contributed by atoms with van der Waals surface area (Å²) >= 11 is 0. The SMILES string of the molecule is Cc1ccc(C[C@H](NC(=O)Cc2ccc(C(F)(F)F)cc2)C(N)=O)cc1. The quantitative estimate of drug-likeness (QED) is 0.827.